The van der Waals surface area contributed by atoms with Crippen LogP contribution in [0, 0.1) is 0 Å². The zero-order valence-electron chi connectivity index (χ0n) is 10.2. The maximum absolute atomic E-state index is 4.32. The Kier molecular flexibility index (Phi) is 3.57. The molecule has 1 aliphatic rings. The van der Waals surface area contributed by atoms with E-state index in [0.29, 0.717) is 6.04 Å². The van der Waals surface area contributed by atoms with E-state index in [9.17, 15) is 0 Å². The minimum Gasteiger partial charge on any atom is -0.382 e. The number of thiazole rings is 1. The fourth-order valence-electron chi connectivity index (χ4n) is 2.28. The average molecular weight is 259 g/mol. The van der Waals surface area contributed by atoms with Crippen molar-refractivity contribution in [1.29, 1.82) is 0 Å². The second-order valence-electron chi connectivity index (χ2n) is 4.58. The van der Waals surface area contributed by atoms with Gasteiger partial charge in [0.05, 0.1) is 0 Å². The highest BCUT2D eigenvalue weighted by Crippen LogP contribution is 2.23. The van der Waals surface area contributed by atoms with Crippen LogP contribution in [0.25, 0.3) is 10.6 Å². The number of benzene rings is 1. The fraction of sp³-hybridized carbons (Fsp3) is 0.357. The maximum atomic E-state index is 4.32. The first-order valence-electron chi connectivity index (χ1n) is 6.39. The lowest BCUT2D eigenvalue weighted by Gasteiger charge is -2.24. The molecule has 4 heteroatoms. The van der Waals surface area contributed by atoms with Gasteiger partial charge in [-0.25, -0.2) is 4.98 Å². The van der Waals surface area contributed by atoms with E-state index in [4.69, 9.17) is 0 Å². The van der Waals surface area contributed by atoms with E-state index in [0.717, 1.165) is 18.1 Å². The van der Waals surface area contributed by atoms with Crippen molar-refractivity contribution in [3.8, 4) is 10.6 Å². The topological polar surface area (TPSA) is 37.0 Å². The first kappa shape index (κ1) is 11.7. The molecular formula is C14H17N3S. The van der Waals surface area contributed by atoms with Gasteiger partial charge < -0.3 is 10.6 Å². The van der Waals surface area contributed by atoms with Crippen LogP contribution >= 0.6 is 11.3 Å². The number of hydrogen-bond acceptors (Lipinski definition) is 4. The summed E-state index contributed by atoms with van der Waals surface area (Å²) in [6, 6.07) is 9.19. The normalized spacial score (nSPS) is 16.7. The molecule has 1 aliphatic heterocycles. The van der Waals surface area contributed by atoms with Gasteiger partial charge in [0, 0.05) is 28.9 Å². The molecule has 1 saturated heterocycles. The van der Waals surface area contributed by atoms with Crippen molar-refractivity contribution in [2.24, 2.45) is 0 Å². The van der Waals surface area contributed by atoms with Crippen LogP contribution in [-0.2, 0) is 0 Å². The summed E-state index contributed by atoms with van der Waals surface area (Å²) < 4.78 is 0. The molecule has 94 valence electrons. The van der Waals surface area contributed by atoms with Crippen molar-refractivity contribution < 1.29 is 0 Å². The molecule has 2 aromatic rings. The number of anilines is 1. The fourth-order valence-corrected chi connectivity index (χ4v) is 2.92. The molecule has 2 N–H and O–H groups in total. The van der Waals surface area contributed by atoms with E-state index in [2.05, 4.69) is 39.9 Å². The lowest BCUT2D eigenvalue weighted by Crippen LogP contribution is -2.35. The molecular weight excluding hydrogens is 242 g/mol. The monoisotopic (exact) mass is 259 g/mol. The summed E-state index contributed by atoms with van der Waals surface area (Å²) in [4.78, 5) is 4.32. The van der Waals surface area contributed by atoms with E-state index in [1.54, 1.807) is 11.3 Å². The van der Waals surface area contributed by atoms with Gasteiger partial charge in [-0.1, -0.05) is 0 Å². The molecule has 0 atom stereocenters. The Morgan fingerprint density at radius 1 is 1.17 bits per heavy atom. The number of rotatable bonds is 3. The number of nitrogens with one attached hydrogen (secondary N) is 2. The molecule has 1 aromatic heterocycles. The third-order valence-corrected chi connectivity index (χ3v) is 4.10. The molecule has 0 radical (unpaired) electrons. The summed E-state index contributed by atoms with van der Waals surface area (Å²) in [7, 11) is 0. The van der Waals surface area contributed by atoms with Gasteiger partial charge in [-0.2, -0.15) is 0 Å². The molecule has 0 amide bonds. The molecule has 0 unspecified atom stereocenters. The molecule has 18 heavy (non-hydrogen) atoms. The predicted octanol–water partition coefficient (Wildman–Crippen LogP) is 2.97. The van der Waals surface area contributed by atoms with Crippen molar-refractivity contribution in [3.63, 3.8) is 0 Å². The van der Waals surface area contributed by atoms with Crippen LogP contribution in [0.15, 0.2) is 35.8 Å². The molecule has 3 rings (SSSR count). The molecule has 0 saturated carbocycles. The van der Waals surface area contributed by atoms with Gasteiger partial charge in [0.15, 0.2) is 0 Å². The molecule has 3 nitrogen and oxygen atoms in total. The molecule has 0 bridgehead atoms. The van der Waals surface area contributed by atoms with Crippen LogP contribution in [0.5, 0.6) is 0 Å². The van der Waals surface area contributed by atoms with Crippen LogP contribution in [0.3, 0.4) is 0 Å². The predicted molar refractivity (Wildman–Crippen MR) is 77.1 cm³/mol. The zero-order chi connectivity index (χ0) is 12.2. The molecule has 1 aromatic carbocycles. The first-order chi connectivity index (χ1) is 8.92. The summed E-state index contributed by atoms with van der Waals surface area (Å²) in [5.74, 6) is 0. The van der Waals surface area contributed by atoms with Gasteiger partial charge in [0.25, 0.3) is 0 Å². The Balaban J connectivity index is 1.67. The van der Waals surface area contributed by atoms with Gasteiger partial charge in [0.2, 0.25) is 0 Å². The average Bonchev–Trinajstić information content (AvgIpc) is 2.95. The van der Waals surface area contributed by atoms with Crippen molar-refractivity contribution >= 4 is 17.0 Å². The molecule has 0 aliphatic carbocycles. The van der Waals surface area contributed by atoms with Crippen LogP contribution in [-0.4, -0.2) is 24.1 Å². The summed E-state index contributed by atoms with van der Waals surface area (Å²) in [6.45, 7) is 2.24. The highest BCUT2D eigenvalue weighted by molar-refractivity contribution is 7.13. The number of aromatic nitrogens is 1. The molecule has 2 heterocycles. The number of hydrogen-bond donors (Lipinski definition) is 2. The maximum Gasteiger partial charge on any atom is 0.123 e. The lowest BCUT2D eigenvalue weighted by atomic mass is 10.1. The highest BCUT2D eigenvalue weighted by atomic mass is 32.1. The van der Waals surface area contributed by atoms with Gasteiger partial charge in [-0.15, -0.1) is 11.3 Å². The quantitative estimate of drug-likeness (QED) is 0.890. The SMILES string of the molecule is c1csc(-c2ccc(NC3CCNCC3)cc2)n1. The first-order valence-corrected chi connectivity index (χ1v) is 7.27. The third-order valence-electron chi connectivity index (χ3n) is 3.27. The van der Waals surface area contributed by atoms with Gasteiger partial charge in [0.1, 0.15) is 5.01 Å². The second kappa shape index (κ2) is 5.50. The van der Waals surface area contributed by atoms with Crippen LogP contribution < -0.4 is 10.6 Å². The summed E-state index contributed by atoms with van der Waals surface area (Å²) >= 11 is 1.68. The van der Waals surface area contributed by atoms with Crippen molar-refractivity contribution in [3.05, 3.63) is 35.8 Å². The highest BCUT2D eigenvalue weighted by Gasteiger charge is 2.12. The molecule has 1 fully saturated rings. The Labute approximate surface area is 111 Å². The third kappa shape index (κ3) is 2.71. The zero-order valence-corrected chi connectivity index (χ0v) is 11.0. The minimum absolute atomic E-state index is 0.608. The Morgan fingerprint density at radius 3 is 2.61 bits per heavy atom. The smallest absolute Gasteiger partial charge is 0.123 e. The summed E-state index contributed by atoms with van der Waals surface area (Å²) in [6.07, 6.45) is 4.25. The van der Waals surface area contributed by atoms with E-state index in [-0.39, 0.29) is 0 Å². The van der Waals surface area contributed by atoms with Crippen LogP contribution in [0.1, 0.15) is 12.8 Å². The number of piperidine rings is 1. The standard InChI is InChI=1S/C14H17N3S/c1-3-12(17-13-5-7-15-8-6-13)4-2-11(1)14-16-9-10-18-14/h1-4,9-10,13,15,17H,5-8H2. The van der Waals surface area contributed by atoms with Crippen molar-refractivity contribution in [2.45, 2.75) is 18.9 Å². The van der Waals surface area contributed by atoms with E-state index in [1.165, 1.54) is 24.1 Å². The largest absolute Gasteiger partial charge is 0.382 e. The van der Waals surface area contributed by atoms with E-state index in [1.807, 2.05) is 11.6 Å². The van der Waals surface area contributed by atoms with Crippen LogP contribution in [0.2, 0.25) is 0 Å². The van der Waals surface area contributed by atoms with Crippen molar-refractivity contribution in [2.75, 3.05) is 18.4 Å². The van der Waals surface area contributed by atoms with Crippen molar-refractivity contribution in [1.82, 2.24) is 10.3 Å². The number of nitrogens with zero attached hydrogens (tertiary/aromatic N) is 1. The minimum atomic E-state index is 0.608. The van der Waals surface area contributed by atoms with Crippen LogP contribution in [0.4, 0.5) is 5.69 Å². The van der Waals surface area contributed by atoms with Gasteiger partial charge in [-0.3, -0.25) is 0 Å². The van der Waals surface area contributed by atoms with E-state index >= 15 is 0 Å². The van der Waals surface area contributed by atoms with Gasteiger partial charge in [-0.05, 0) is 50.2 Å². The van der Waals surface area contributed by atoms with Gasteiger partial charge >= 0.3 is 0 Å². The Bertz CT molecular complexity index is 472. The Morgan fingerprint density at radius 2 is 1.94 bits per heavy atom. The van der Waals surface area contributed by atoms with E-state index < -0.39 is 0 Å². The molecule has 0 spiro atoms. The lowest BCUT2D eigenvalue weighted by molar-refractivity contribution is 0.479. The summed E-state index contributed by atoms with van der Waals surface area (Å²) in [5.41, 5.74) is 2.41. The second-order valence-corrected chi connectivity index (χ2v) is 5.48. The Hall–Kier alpha value is -1.39. The summed E-state index contributed by atoms with van der Waals surface area (Å²) in [5, 5.41) is 10.1.